The van der Waals surface area contributed by atoms with Crippen molar-refractivity contribution in [2.45, 2.75) is 20.8 Å². The SMILES string of the molecule is Cc1cc2oc(C(=O)Nc3ccc([N+](=O)[O-])cc3Br)c(C)c2cc1C. The summed E-state index contributed by atoms with van der Waals surface area (Å²) in [7, 11) is 0. The largest absolute Gasteiger partial charge is 0.451 e. The van der Waals surface area contributed by atoms with Gasteiger partial charge < -0.3 is 9.73 Å². The fourth-order valence-electron chi connectivity index (χ4n) is 2.59. The molecule has 0 fully saturated rings. The van der Waals surface area contributed by atoms with Crippen LogP contribution < -0.4 is 5.32 Å². The van der Waals surface area contributed by atoms with Gasteiger partial charge in [0.2, 0.25) is 0 Å². The van der Waals surface area contributed by atoms with E-state index in [0.29, 0.717) is 15.7 Å². The molecule has 0 saturated carbocycles. The Bertz CT molecular complexity index is 1020. The average molecular weight is 403 g/mol. The number of nitrogens with one attached hydrogen (secondary N) is 1. The topological polar surface area (TPSA) is 85.4 Å². The fraction of sp³-hybridized carbons (Fsp3) is 0.167. The second kappa shape index (κ2) is 6.33. The molecule has 0 spiro atoms. The number of nitrogens with zero attached hydrogens (tertiary/aromatic N) is 1. The molecule has 0 aliphatic heterocycles. The van der Waals surface area contributed by atoms with E-state index in [-0.39, 0.29) is 11.4 Å². The first-order valence-corrected chi connectivity index (χ1v) is 8.33. The lowest BCUT2D eigenvalue weighted by molar-refractivity contribution is -0.384. The first kappa shape index (κ1) is 17.2. The minimum Gasteiger partial charge on any atom is -0.451 e. The van der Waals surface area contributed by atoms with Crippen molar-refractivity contribution < 1.29 is 14.1 Å². The Balaban J connectivity index is 1.95. The molecule has 0 atom stereocenters. The zero-order valence-corrected chi connectivity index (χ0v) is 15.4. The zero-order valence-electron chi connectivity index (χ0n) is 13.8. The number of carbonyl (C=O) groups is 1. The second-order valence-electron chi connectivity index (χ2n) is 5.86. The van der Waals surface area contributed by atoms with Crippen LogP contribution in [0, 0.1) is 30.9 Å². The predicted molar refractivity (Wildman–Crippen MR) is 99.2 cm³/mol. The Morgan fingerprint density at radius 3 is 2.48 bits per heavy atom. The summed E-state index contributed by atoms with van der Waals surface area (Å²) in [5.41, 5.74) is 4.01. The molecule has 1 heterocycles. The van der Waals surface area contributed by atoms with E-state index in [0.717, 1.165) is 22.1 Å². The molecular weight excluding hydrogens is 388 g/mol. The smallest absolute Gasteiger partial charge is 0.291 e. The van der Waals surface area contributed by atoms with E-state index in [1.807, 2.05) is 32.9 Å². The van der Waals surface area contributed by atoms with Crippen LogP contribution in [0.3, 0.4) is 0 Å². The van der Waals surface area contributed by atoms with Gasteiger partial charge in [-0.1, -0.05) is 0 Å². The Kier molecular flexibility index (Phi) is 4.34. The summed E-state index contributed by atoms with van der Waals surface area (Å²) in [5.74, 6) is -0.177. The first-order chi connectivity index (χ1) is 11.8. The van der Waals surface area contributed by atoms with Gasteiger partial charge in [0.05, 0.1) is 10.6 Å². The van der Waals surface area contributed by atoms with E-state index < -0.39 is 10.8 Å². The van der Waals surface area contributed by atoms with Crippen LogP contribution >= 0.6 is 15.9 Å². The van der Waals surface area contributed by atoms with E-state index in [2.05, 4.69) is 21.2 Å². The lowest BCUT2D eigenvalue weighted by Crippen LogP contribution is -2.12. The minimum absolute atomic E-state index is 0.0595. The van der Waals surface area contributed by atoms with Crippen molar-refractivity contribution in [3.05, 3.63) is 67.4 Å². The van der Waals surface area contributed by atoms with E-state index in [9.17, 15) is 14.9 Å². The molecule has 7 heteroatoms. The number of hydrogen-bond acceptors (Lipinski definition) is 4. The fourth-order valence-corrected chi connectivity index (χ4v) is 3.06. The summed E-state index contributed by atoms with van der Waals surface area (Å²) in [5, 5.41) is 14.4. The molecule has 25 heavy (non-hydrogen) atoms. The normalized spacial score (nSPS) is 10.9. The van der Waals surface area contributed by atoms with Crippen LogP contribution in [-0.2, 0) is 0 Å². The molecule has 1 aromatic heterocycles. The third kappa shape index (κ3) is 3.15. The minimum atomic E-state index is -0.496. The molecule has 1 amide bonds. The van der Waals surface area contributed by atoms with Crippen molar-refractivity contribution >= 4 is 44.2 Å². The van der Waals surface area contributed by atoms with Crippen LogP contribution in [0.1, 0.15) is 27.2 Å². The summed E-state index contributed by atoms with van der Waals surface area (Å²) in [6.07, 6.45) is 0. The summed E-state index contributed by atoms with van der Waals surface area (Å²) >= 11 is 3.24. The number of furan rings is 1. The van der Waals surface area contributed by atoms with Crippen molar-refractivity contribution in [3.63, 3.8) is 0 Å². The Morgan fingerprint density at radius 1 is 1.16 bits per heavy atom. The number of aryl methyl sites for hydroxylation is 3. The molecule has 0 bridgehead atoms. The molecule has 0 radical (unpaired) electrons. The number of rotatable bonds is 3. The lowest BCUT2D eigenvalue weighted by atomic mass is 10.0. The highest BCUT2D eigenvalue weighted by Crippen LogP contribution is 2.31. The average Bonchev–Trinajstić information content (AvgIpc) is 2.86. The van der Waals surface area contributed by atoms with Crippen LogP contribution in [0.15, 0.2) is 39.2 Å². The van der Waals surface area contributed by atoms with Gasteiger partial charge in [0.1, 0.15) is 5.58 Å². The maximum atomic E-state index is 12.6. The number of halogens is 1. The monoisotopic (exact) mass is 402 g/mol. The summed E-state index contributed by atoms with van der Waals surface area (Å²) in [4.78, 5) is 22.9. The highest BCUT2D eigenvalue weighted by atomic mass is 79.9. The first-order valence-electron chi connectivity index (χ1n) is 7.53. The van der Waals surface area contributed by atoms with Crippen LogP contribution in [0.2, 0.25) is 0 Å². The molecule has 0 aliphatic rings. The molecular formula is C18H15BrN2O4. The molecule has 128 valence electrons. The molecule has 0 unspecified atom stereocenters. The molecule has 3 aromatic rings. The quantitative estimate of drug-likeness (QED) is 0.476. The van der Waals surface area contributed by atoms with E-state index in [1.165, 1.54) is 18.2 Å². The van der Waals surface area contributed by atoms with Crippen molar-refractivity contribution in [2.75, 3.05) is 5.32 Å². The molecule has 3 rings (SSSR count). The third-order valence-electron chi connectivity index (χ3n) is 4.17. The maximum absolute atomic E-state index is 12.6. The Hall–Kier alpha value is -2.67. The van der Waals surface area contributed by atoms with Gasteiger partial charge in [-0.05, 0) is 66.0 Å². The van der Waals surface area contributed by atoms with Gasteiger partial charge in [0, 0.05) is 27.6 Å². The molecule has 6 nitrogen and oxygen atoms in total. The van der Waals surface area contributed by atoms with Gasteiger partial charge in [0.25, 0.3) is 11.6 Å². The van der Waals surface area contributed by atoms with E-state index >= 15 is 0 Å². The standard InChI is InChI=1S/C18H15BrN2O4/c1-9-6-13-11(3)17(25-16(13)7-10(9)2)18(22)20-15-5-4-12(21(23)24)8-14(15)19/h4-8H,1-3H3,(H,20,22). The molecule has 0 aliphatic carbocycles. The second-order valence-corrected chi connectivity index (χ2v) is 6.72. The van der Waals surface area contributed by atoms with Gasteiger partial charge in [-0.15, -0.1) is 0 Å². The molecule has 1 N–H and O–H groups in total. The molecule has 0 saturated heterocycles. The number of fused-ring (bicyclic) bond motifs is 1. The van der Waals surface area contributed by atoms with Crippen LogP contribution in [-0.4, -0.2) is 10.8 Å². The van der Waals surface area contributed by atoms with Gasteiger partial charge in [-0.25, -0.2) is 0 Å². The van der Waals surface area contributed by atoms with Crippen LogP contribution in [0.5, 0.6) is 0 Å². The zero-order chi connectivity index (χ0) is 18.3. The Labute approximate surface area is 152 Å². The molecule has 2 aromatic carbocycles. The number of hydrogen-bond donors (Lipinski definition) is 1. The Morgan fingerprint density at radius 2 is 1.84 bits per heavy atom. The van der Waals surface area contributed by atoms with Crippen molar-refractivity contribution in [2.24, 2.45) is 0 Å². The predicted octanol–water partition coefficient (Wildman–Crippen LogP) is 5.28. The number of nitro benzene ring substituents is 1. The van der Waals surface area contributed by atoms with E-state index in [4.69, 9.17) is 4.42 Å². The highest BCUT2D eigenvalue weighted by Gasteiger charge is 2.20. The van der Waals surface area contributed by atoms with Gasteiger partial charge in [-0.2, -0.15) is 0 Å². The van der Waals surface area contributed by atoms with Crippen molar-refractivity contribution in [1.82, 2.24) is 0 Å². The van der Waals surface area contributed by atoms with Crippen molar-refractivity contribution in [1.29, 1.82) is 0 Å². The van der Waals surface area contributed by atoms with Gasteiger partial charge >= 0.3 is 0 Å². The number of nitro groups is 1. The van der Waals surface area contributed by atoms with Gasteiger partial charge in [-0.3, -0.25) is 14.9 Å². The highest BCUT2D eigenvalue weighted by molar-refractivity contribution is 9.10. The van der Waals surface area contributed by atoms with Crippen LogP contribution in [0.4, 0.5) is 11.4 Å². The van der Waals surface area contributed by atoms with Crippen LogP contribution in [0.25, 0.3) is 11.0 Å². The van der Waals surface area contributed by atoms with Gasteiger partial charge in [0.15, 0.2) is 5.76 Å². The van der Waals surface area contributed by atoms with Crippen molar-refractivity contribution in [3.8, 4) is 0 Å². The number of amides is 1. The third-order valence-corrected chi connectivity index (χ3v) is 4.83. The summed E-state index contributed by atoms with van der Waals surface area (Å²) in [6, 6.07) is 8.07. The maximum Gasteiger partial charge on any atom is 0.291 e. The number of anilines is 1. The number of non-ortho nitro benzene ring substituents is 1. The number of benzene rings is 2. The lowest BCUT2D eigenvalue weighted by Gasteiger charge is -2.06. The number of carbonyl (C=O) groups excluding carboxylic acids is 1. The van der Waals surface area contributed by atoms with E-state index in [1.54, 1.807) is 0 Å². The summed E-state index contributed by atoms with van der Waals surface area (Å²) < 4.78 is 6.16. The summed E-state index contributed by atoms with van der Waals surface area (Å²) in [6.45, 7) is 5.83.